The molecule has 53 heavy (non-hydrogen) atoms. The molecule has 4 aliphatic rings. The Balaban J connectivity index is 1.53. The molecule has 6 rings (SSSR count). The van der Waals surface area contributed by atoms with Crippen LogP contribution in [0, 0.1) is 22.7 Å². The van der Waals surface area contributed by atoms with Gasteiger partial charge in [-0.3, -0.25) is 4.79 Å². The molecule has 0 radical (unpaired) electrons. The average molecular weight is 727 g/mol. The average Bonchev–Trinajstić information content (AvgIpc) is 3.06. The van der Waals surface area contributed by atoms with Gasteiger partial charge in [0.1, 0.15) is 23.7 Å². The van der Waals surface area contributed by atoms with Crippen LogP contribution in [-0.4, -0.2) is 31.9 Å². The molecule has 0 heterocycles. The minimum Gasteiger partial charge on any atom is -0.487 e. The van der Waals surface area contributed by atoms with Crippen molar-refractivity contribution >= 4 is 12.0 Å². The fraction of sp³-hybridized carbons (Fsp3) is 0.688. The monoisotopic (exact) mass is 727 g/mol. The van der Waals surface area contributed by atoms with Gasteiger partial charge in [-0.1, -0.05) is 108 Å². The van der Waals surface area contributed by atoms with E-state index in [4.69, 9.17) is 18.9 Å². The second-order valence-corrected chi connectivity index (χ2v) is 19.5. The highest BCUT2D eigenvalue weighted by atomic mass is 16.6. The van der Waals surface area contributed by atoms with Crippen LogP contribution in [0.1, 0.15) is 186 Å². The summed E-state index contributed by atoms with van der Waals surface area (Å²) in [4.78, 5) is 12.4. The number of fused-ring (bicyclic) bond motifs is 6. The number of carbonyl (C=O) groups excluding carboxylic acids is 1. The molecule has 0 saturated heterocycles. The van der Waals surface area contributed by atoms with Gasteiger partial charge in [0.2, 0.25) is 0 Å². The second-order valence-electron chi connectivity index (χ2n) is 19.5. The Morgan fingerprint density at radius 2 is 1.42 bits per heavy atom. The van der Waals surface area contributed by atoms with Gasteiger partial charge in [0.05, 0.1) is 13.2 Å². The number of allylic oxidation sites excluding steroid dienone is 1. The Morgan fingerprint density at radius 1 is 0.774 bits per heavy atom. The van der Waals surface area contributed by atoms with Crippen molar-refractivity contribution in [2.24, 2.45) is 22.7 Å². The van der Waals surface area contributed by atoms with E-state index in [0.717, 1.165) is 50.0 Å². The van der Waals surface area contributed by atoms with Crippen molar-refractivity contribution in [3.8, 4) is 11.5 Å². The Bertz CT molecular complexity index is 1680. The summed E-state index contributed by atoms with van der Waals surface area (Å²) in [7, 11) is 0. The van der Waals surface area contributed by atoms with Gasteiger partial charge in [-0.25, -0.2) is 0 Å². The zero-order valence-electron chi connectivity index (χ0n) is 35.2. The van der Waals surface area contributed by atoms with Crippen molar-refractivity contribution < 1.29 is 23.7 Å². The lowest BCUT2D eigenvalue weighted by Gasteiger charge is -2.58. The van der Waals surface area contributed by atoms with Crippen molar-refractivity contribution in [2.75, 3.05) is 19.8 Å². The third kappa shape index (κ3) is 7.40. The molecule has 2 aromatic rings. The van der Waals surface area contributed by atoms with Crippen LogP contribution in [0.25, 0.3) is 6.08 Å². The van der Waals surface area contributed by atoms with Gasteiger partial charge in [-0.2, -0.15) is 0 Å². The lowest BCUT2D eigenvalue weighted by atomic mass is 9.48. The van der Waals surface area contributed by atoms with E-state index in [0.29, 0.717) is 30.8 Å². The zero-order chi connectivity index (χ0) is 38.5. The molecule has 0 aliphatic heterocycles. The molecular formula is C48H70O5. The Labute approximate surface area is 322 Å². The Hall–Kier alpha value is -2.63. The van der Waals surface area contributed by atoms with Crippen molar-refractivity contribution in [1.29, 1.82) is 0 Å². The van der Waals surface area contributed by atoms with Crippen LogP contribution in [0.4, 0.5) is 0 Å². The molecule has 0 spiro atoms. The van der Waals surface area contributed by atoms with Gasteiger partial charge < -0.3 is 18.9 Å². The van der Waals surface area contributed by atoms with Crippen molar-refractivity contribution in [2.45, 2.75) is 169 Å². The van der Waals surface area contributed by atoms with E-state index >= 15 is 0 Å². The fourth-order valence-electron chi connectivity index (χ4n) is 11.5. The Kier molecular flexibility index (Phi) is 11.4. The quantitative estimate of drug-likeness (QED) is 0.124. The Morgan fingerprint density at radius 3 is 2.08 bits per heavy atom. The molecule has 0 bridgehead atoms. The molecule has 0 N–H and O–H groups in total. The maximum Gasteiger partial charge on any atom is 0.308 e. The largest absolute Gasteiger partial charge is 0.487 e. The maximum atomic E-state index is 12.4. The first-order chi connectivity index (χ1) is 24.9. The summed E-state index contributed by atoms with van der Waals surface area (Å²) in [5.74, 6) is 2.51. The summed E-state index contributed by atoms with van der Waals surface area (Å²) >= 11 is 0. The molecule has 6 atom stereocenters. The first-order valence-electron chi connectivity index (χ1n) is 21.0. The van der Waals surface area contributed by atoms with Gasteiger partial charge in [-0.15, -0.1) is 0 Å². The molecule has 2 saturated carbocycles. The highest BCUT2D eigenvalue weighted by molar-refractivity contribution is 5.70. The van der Waals surface area contributed by atoms with Crippen LogP contribution < -0.4 is 9.47 Å². The van der Waals surface area contributed by atoms with Gasteiger partial charge in [0.25, 0.3) is 0 Å². The van der Waals surface area contributed by atoms with Crippen molar-refractivity contribution in [1.82, 2.24) is 0 Å². The fourth-order valence-corrected chi connectivity index (χ4v) is 11.5. The summed E-state index contributed by atoms with van der Waals surface area (Å²) in [6.45, 7) is 29.2. The summed E-state index contributed by atoms with van der Waals surface area (Å²) in [5.41, 5.74) is 7.58. The molecule has 292 valence electrons. The molecule has 0 amide bonds. The van der Waals surface area contributed by atoms with Crippen LogP contribution in [0.3, 0.4) is 0 Å². The highest BCUT2D eigenvalue weighted by Crippen LogP contribution is 2.62. The molecule has 0 unspecified atom stereocenters. The minimum absolute atomic E-state index is 0.0215. The molecule has 0 aromatic heterocycles. The van der Waals surface area contributed by atoms with E-state index in [9.17, 15) is 4.79 Å². The predicted molar refractivity (Wildman–Crippen MR) is 217 cm³/mol. The number of carbonyl (C=O) groups is 1. The van der Waals surface area contributed by atoms with Gasteiger partial charge in [0.15, 0.2) is 0 Å². The predicted octanol–water partition coefficient (Wildman–Crippen LogP) is 12.4. The van der Waals surface area contributed by atoms with E-state index in [-0.39, 0.29) is 51.7 Å². The minimum atomic E-state index is -0.313. The zero-order valence-corrected chi connectivity index (χ0v) is 35.2. The lowest BCUT2D eigenvalue weighted by Crippen LogP contribution is -2.58. The van der Waals surface area contributed by atoms with E-state index in [2.05, 4.69) is 113 Å². The number of unbranched alkanes of at least 4 members (excludes halogenated alkanes) is 1. The molecule has 2 aromatic carbocycles. The third-order valence-corrected chi connectivity index (χ3v) is 14.0. The molecule has 5 heteroatoms. The number of rotatable bonds is 12. The molecule has 5 nitrogen and oxygen atoms in total. The van der Waals surface area contributed by atoms with Crippen LogP contribution in [0.5, 0.6) is 11.5 Å². The molecular weight excluding hydrogens is 657 g/mol. The van der Waals surface area contributed by atoms with Crippen molar-refractivity contribution in [3.63, 3.8) is 0 Å². The van der Waals surface area contributed by atoms with Gasteiger partial charge >= 0.3 is 5.97 Å². The van der Waals surface area contributed by atoms with E-state index in [1.165, 1.54) is 54.0 Å². The highest BCUT2D eigenvalue weighted by Gasteiger charge is 2.59. The standard InChI is InChI=1S/C48H70O5/c1-13-14-23-50-24-25-51-42-36-27-35(31(4)5)39(52-32(6)49)29-38(36)48(12)22-16-20-46(9,10)44(48)43(42)53-40-28-37-33(26-34(40)30(2)3)17-18-41-45(7,8)19-15-21-47(37,41)11/h17-18,26-31,41-44H,13-16,19-25H2,1-12H3/t41-,42+,43+,44+,47-,48-/m1/s1. The summed E-state index contributed by atoms with van der Waals surface area (Å²) in [5, 5.41) is 0. The summed E-state index contributed by atoms with van der Waals surface area (Å²) in [6, 6.07) is 9.38. The number of benzene rings is 2. The number of esters is 1. The third-order valence-electron chi connectivity index (χ3n) is 14.0. The topological polar surface area (TPSA) is 54.0 Å². The van der Waals surface area contributed by atoms with Crippen LogP contribution >= 0.6 is 0 Å². The number of hydrogen-bond donors (Lipinski definition) is 0. The summed E-state index contributed by atoms with van der Waals surface area (Å²) < 4.78 is 26.9. The maximum absolute atomic E-state index is 12.4. The van der Waals surface area contributed by atoms with Gasteiger partial charge in [-0.05, 0) is 129 Å². The van der Waals surface area contributed by atoms with E-state index in [1.807, 2.05) is 0 Å². The SMILES string of the molecule is CCCCOCCO[C@H]1c2cc(C(C)C)c(OC(C)=O)cc2[C@@]2(C)CCCC(C)(C)[C@@H]2[C@H]1Oc1cc2c(cc1C(C)C)C=C[C@@H]1C(C)(C)CCC[C@]21C. The van der Waals surface area contributed by atoms with Crippen LogP contribution in [0.2, 0.25) is 0 Å². The van der Waals surface area contributed by atoms with E-state index in [1.54, 1.807) is 0 Å². The normalized spacial score (nSPS) is 29.6. The first kappa shape index (κ1) is 40.0. The van der Waals surface area contributed by atoms with Crippen molar-refractivity contribution in [3.05, 3.63) is 63.7 Å². The van der Waals surface area contributed by atoms with Crippen LogP contribution in [0.15, 0.2) is 30.3 Å². The van der Waals surface area contributed by atoms with Crippen LogP contribution in [-0.2, 0) is 25.1 Å². The van der Waals surface area contributed by atoms with Gasteiger partial charge in [0, 0.05) is 19.4 Å². The van der Waals surface area contributed by atoms with E-state index < -0.39 is 0 Å². The summed E-state index contributed by atoms with van der Waals surface area (Å²) in [6.07, 6.45) is 13.5. The molecule has 4 aliphatic carbocycles. The lowest BCUT2D eigenvalue weighted by molar-refractivity contribution is -0.132. The number of hydrogen-bond acceptors (Lipinski definition) is 5. The molecule has 2 fully saturated rings. The smallest absolute Gasteiger partial charge is 0.308 e. The first-order valence-corrected chi connectivity index (χ1v) is 21.0. The second kappa shape index (κ2) is 15.1. The number of ether oxygens (including phenoxy) is 4.